The molecular weight excluding hydrogens is 464 g/mol. The number of hydrogen-bond acceptors (Lipinski definition) is 8. The maximum absolute atomic E-state index is 13.4. The van der Waals surface area contributed by atoms with Crippen molar-refractivity contribution in [3.8, 4) is 17.2 Å². The van der Waals surface area contributed by atoms with Gasteiger partial charge in [-0.1, -0.05) is 0 Å². The van der Waals surface area contributed by atoms with Crippen molar-refractivity contribution in [1.29, 1.82) is 0 Å². The zero-order valence-electron chi connectivity index (χ0n) is 21.1. The van der Waals surface area contributed by atoms with Crippen molar-refractivity contribution >= 4 is 17.4 Å². The van der Waals surface area contributed by atoms with Crippen molar-refractivity contribution < 1.29 is 33.6 Å². The van der Waals surface area contributed by atoms with Gasteiger partial charge in [-0.2, -0.15) is 0 Å². The highest BCUT2D eigenvalue weighted by Gasteiger charge is 2.47. The van der Waals surface area contributed by atoms with E-state index in [-0.39, 0.29) is 11.3 Å². The summed E-state index contributed by atoms with van der Waals surface area (Å²) < 4.78 is 21.8. The Labute approximate surface area is 210 Å². The van der Waals surface area contributed by atoms with E-state index in [1.54, 1.807) is 50.6 Å². The first-order valence-corrected chi connectivity index (χ1v) is 11.8. The quantitative estimate of drug-likeness (QED) is 0.339. The number of rotatable bonds is 8. The van der Waals surface area contributed by atoms with Crippen molar-refractivity contribution in [2.24, 2.45) is 0 Å². The van der Waals surface area contributed by atoms with Gasteiger partial charge in [-0.05, 0) is 48.9 Å². The predicted octanol–water partition coefficient (Wildman–Crippen LogP) is 2.77. The van der Waals surface area contributed by atoms with Gasteiger partial charge in [-0.3, -0.25) is 14.5 Å². The Balaban J connectivity index is 1.83. The molecule has 1 N–H and O–H groups in total. The second-order valence-corrected chi connectivity index (χ2v) is 8.74. The average molecular weight is 497 g/mol. The summed E-state index contributed by atoms with van der Waals surface area (Å²) in [5, 5.41) is 11.4. The number of morpholine rings is 1. The molecule has 0 unspecified atom stereocenters. The van der Waals surface area contributed by atoms with Crippen LogP contribution in [0, 0.1) is 6.92 Å². The van der Waals surface area contributed by atoms with E-state index in [1.165, 1.54) is 12.0 Å². The van der Waals surface area contributed by atoms with Crippen LogP contribution in [0.5, 0.6) is 17.2 Å². The van der Waals surface area contributed by atoms with Gasteiger partial charge >= 0.3 is 0 Å². The summed E-state index contributed by atoms with van der Waals surface area (Å²) in [5.41, 5.74) is 1.79. The Morgan fingerprint density at radius 1 is 0.972 bits per heavy atom. The number of benzene rings is 2. The van der Waals surface area contributed by atoms with Gasteiger partial charge in [0.15, 0.2) is 0 Å². The number of methoxy groups -OCH3 is 3. The van der Waals surface area contributed by atoms with Crippen LogP contribution in [0.1, 0.15) is 22.7 Å². The molecule has 1 amide bonds. The first-order chi connectivity index (χ1) is 17.4. The minimum atomic E-state index is -0.849. The highest BCUT2D eigenvalue weighted by atomic mass is 16.5. The van der Waals surface area contributed by atoms with E-state index in [2.05, 4.69) is 4.90 Å². The maximum Gasteiger partial charge on any atom is 0.295 e. The molecule has 1 atom stereocenters. The molecule has 0 saturated carbocycles. The first kappa shape index (κ1) is 25.5. The van der Waals surface area contributed by atoms with Crippen LogP contribution in [0.25, 0.3) is 5.76 Å². The smallest absolute Gasteiger partial charge is 0.295 e. The Hall–Kier alpha value is -3.56. The van der Waals surface area contributed by atoms with Crippen molar-refractivity contribution in [2.45, 2.75) is 13.0 Å². The number of ketones is 1. The third kappa shape index (κ3) is 4.89. The number of aliphatic hydroxyl groups is 1. The molecule has 192 valence electrons. The van der Waals surface area contributed by atoms with Crippen LogP contribution in [0.3, 0.4) is 0 Å². The van der Waals surface area contributed by atoms with E-state index >= 15 is 0 Å². The maximum atomic E-state index is 13.4. The van der Waals surface area contributed by atoms with Crippen LogP contribution in [0.4, 0.5) is 0 Å². The summed E-state index contributed by atoms with van der Waals surface area (Å²) >= 11 is 0. The van der Waals surface area contributed by atoms with Crippen LogP contribution in [-0.4, -0.2) is 87.3 Å². The lowest BCUT2D eigenvalue weighted by Gasteiger charge is -2.31. The highest BCUT2D eigenvalue weighted by Crippen LogP contribution is 2.44. The molecule has 2 heterocycles. The first-order valence-electron chi connectivity index (χ1n) is 11.8. The Morgan fingerprint density at radius 3 is 2.31 bits per heavy atom. The third-order valence-electron chi connectivity index (χ3n) is 6.70. The summed E-state index contributed by atoms with van der Waals surface area (Å²) in [6.45, 7) is 5.48. The molecule has 2 aromatic carbocycles. The molecule has 0 aliphatic carbocycles. The number of ether oxygens (including phenoxy) is 4. The Kier molecular flexibility index (Phi) is 7.81. The van der Waals surface area contributed by atoms with Gasteiger partial charge in [0.2, 0.25) is 0 Å². The number of hydrogen-bond donors (Lipinski definition) is 1. The van der Waals surface area contributed by atoms with E-state index in [1.807, 2.05) is 6.92 Å². The van der Waals surface area contributed by atoms with E-state index in [4.69, 9.17) is 18.9 Å². The molecule has 2 saturated heterocycles. The Bertz CT molecular complexity index is 1170. The van der Waals surface area contributed by atoms with Crippen LogP contribution < -0.4 is 14.2 Å². The number of nitrogens with zero attached hydrogens (tertiary/aromatic N) is 2. The minimum Gasteiger partial charge on any atom is -0.507 e. The number of carbonyl (C=O) groups is 2. The molecule has 9 heteroatoms. The molecule has 36 heavy (non-hydrogen) atoms. The van der Waals surface area contributed by atoms with Crippen LogP contribution in [-0.2, 0) is 14.3 Å². The van der Waals surface area contributed by atoms with Crippen LogP contribution in [0.2, 0.25) is 0 Å². The van der Waals surface area contributed by atoms with E-state index in [0.29, 0.717) is 54.7 Å². The molecule has 0 aromatic heterocycles. The number of likely N-dealkylation sites (tertiary alicyclic amines) is 1. The normalized spacial score (nSPS) is 20.0. The van der Waals surface area contributed by atoms with Crippen molar-refractivity contribution in [2.75, 3.05) is 60.7 Å². The lowest BCUT2D eigenvalue weighted by molar-refractivity contribution is -0.140. The summed E-state index contributed by atoms with van der Waals surface area (Å²) in [5.74, 6) is 0.0369. The summed E-state index contributed by atoms with van der Waals surface area (Å²) in [6.07, 6.45) is 0. The number of aliphatic hydroxyl groups excluding tert-OH is 1. The van der Waals surface area contributed by atoms with Gasteiger partial charge in [-0.15, -0.1) is 0 Å². The second-order valence-electron chi connectivity index (χ2n) is 8.74. The Morgan fingerprint density at radius 2 is 1.67 bits per heavy atom. The monoisotopic (exact) mass is 496 g/mol. The zero-order valence-corrected chi connectivity index (χ0v) is 21.1. The summed E-state index contributed by atoms with van der Waals surface area (Å²) in [7, 11) is 4.63. The van der Waals surface area contributed by atoms with Gasteiger partial charge in [-0.25, -0.2) is 0 Å². The molecule has 2 aromatic rings. The standard InChI is InChI=1S/C27H32N2O7/c1-17-15-18(5-7-21(17)34-3)25(30)23-24(20-16-19(33-2)6-8-22(20)35-4)29(27(32)26(23)31)10-9-28-11-13-36-14-12-28/h5-8,15-16,24,30H,9-14H2,1-4H3/b25-23+/t24-/m0/s1. The SMILES string of the molecule is COc1ccc(OC)c([C@H]2/C(=C(\O)c3ccc(OC)c(C)c3)C(=O)C(=O)N2CCN2CCOCC2)c1. The van der Waals surface area contributed by atoms with Crippen molar-refractivity contribution in [3.63, 3.8) is 0 Å². The number of Topliss-reactive ketones (excluding diaryl/α,β-unsaturated/α-hetero) is 1. The fourth-order valence-electron chi connectivity index (χ4n) is 4.74. The fourth-order valence-corrected chi connectivity index (χ4v) is 4.74. The van der Waals surface area contributed by atoms with E-state index in [9.17, 15) is 14.7 Å². The molecule has 0 bridgehead atoms. The lowest BCUT2D eigenvalue weighted by Crippen LogP contribution is -2.42. The summed E-state index contributed by atoms with van der Waals surface area (Å²) in [6, 6.07) is 9.49. The van der Waals surface area contributed by atoms with Crippen LogP contribution in [0.15, 0.2) is 42.0 Å². The molecule has 2 aliphatic heterocycles. The largest absolute Gasteiger partial charge is 0.507 e. The van der Waals surface area contributed by atoms with Gasteiger partial charge in [0.1, 0.15) is 23.0 Å². The molecule has 0 radical (unpaired) electrons. The molecule has 2 aliphatic rings. The average Bonchev–Trinajstić information content (AvgIpc) is 3.16. The predicted molar refractivity (Wildman–Crippen MR) is 134 cm³/mol. The fraction of sp³-hybridized carbons (Fsp3) is 0.407. The van der Waals surface area contributed by atoms with Gasteiger partial charge in [0, 0.05) is 37.3 Å². The van der Waals surface area contributed by atoms with Crippen molar-refractivity contribution in [3.05, 3.63) is 58.7 Å². The van der Waals surface area contributed by atoms with E-state index in [0.717, 1.165) is 18.7 Å². The lowest BCUT2D eigenvalue weighted by atomic mass is 9.94. The highest BCUT2D eigenvalue weighted by molar-refractivity contribution is 6.46. The molecule has 0 spiro atoms. The zero-order chi connectivity index (χ0) is 25.8. The van der Waals surface area contributed by atoms with E-state index < -0.39 is 17.7 Å². The minimum absolute atomic E-state index is 0.0121. The van der Waals surface area contributed by atoms with Gasteiger partial charge < -0.3 is 29.0 Å². The topological polar surface area (TPSA) is 97.8 Å². The molecular formula is C27H32N2O7. The summed E-state index contributed by atoms with van der Waals surface area (Å²) in [4.78, 5) is 30.4. The van der Waals surface area contributed by atoms with Crippen LogP contribution >= 0.6 is 0 Å². The number of carbonyl (C=O) groups excluding carboxylic acids is 2. The molecule has 9 nitrogen and oxygen atoms in total. The van der Waals surface area contributed by atoms with Gasteiger partial charge in [0.25, 0.3) is 11.7 Å². The third-order valence-corrected chi connectivity index (χ3v) is 6.70. The van der Waals surface area contributed by atoms with Gasteiger partial charge in [0.05, 0.1) is 46.2 Å². The second kappa shape index (κ2) is 11.0. The molecule has 2 fully saturated rings. The number of aryl methyl sites for hydroxylation is 1. The number of amides is 1. The van der Waals surface area contributed by atoms with Crippen molar-refractivity contribution in [1.82, 2.24) is 9.80 Å². The molecule has 4 rings (SSSR count).